The molecule has 31 heavy (non-hydrogen) atoms. The van der Waals surface area contributed by atoms with Gasteiger partial charge in [-0.05, 0) is 43.9 Å². The van der Waals surface area contributed by atoms with Gasteiger partial charge in [0.1, 0.15) is 18.1 Å². The Morgan fingerprint density at radius 1 is 0.935 bits per heavy atom. The van der Waals surface area contributed by atoms with E-state index in [0.717, 1.165) is 42.8 Å². The summed E-state index contributed by atoms with van der Waals surface area (Å²) in [5, 5.41) is 0. The average Bonchev–Trinajstić information content (AvgIpc) is 3.53. The largest absolute Gasteiger partial charge is 0.464 e. The zero-order valence-corrected chi connectivity index (χ0v) is 19.0. The van der Waals surface area contributed by atoms with Crippen molar-refractivity contribution in [3.05, 3.63) is 59.5 Å². The maximum Gasteiger partial charge on any atom is 0.242 e. The molecule has 1 aliphatic carbocycles. The molecule has 1 heterocycles. The van der Waals surface area contributed by atoms with Gasteiger partial charge in [-0.3, -0.25) is 9.59 Å². The molecule has 0 unspecified atom stereocenters. The Morgan fingerprint density at radius 3 is 2.32 bits per heavy atom. The Morgan fingerprint density at radius 2 is 1.68 bits per heavy atom. The number of benzene rings is 1. The smallest absolute Gasteiger partial charge is 0.242 e. The van der Waals surface area contributed by atoms with Crippen LogP contribution < -0.4 is 0 Å². The lowest BCUT2D eigenvalue weighted by Gasteiger charge is -2.27. The number of amides is 2. The minimum atomic E-state index is -0.0239. The van der Waals surface area contributed by atoms with E-state index in [0.29, 0.717) is 19.5 Å². The molecule has 0 saturated heterocycles. The van der Waals surface area contributed by atoms with Crippen molar-refractivity contribution in [3.8, 4) is 0 Å². The number of aryl methyl sites for hydroxylation is 1. The van der Waals surface area contributed by atoms with E-state index in [4.69, 9.17) is 4.42 Å². The number of carbonyl (C=O) groups excluding carboxylic acids is 2. The van der Waals surface area contributed by atoms with Crippen molar-refractivity contribution < 1.29 is 14.0 Å². The predicted molar refractivity (Wildman–Crippen MR) is 122 cm³/mol. The first-order chi connectivity index (χ1) is 15.1. The van der Waals surface area contributed by atoms with Crippen LogP contribution in [0.3, 0.4) is 0 Å². The minimum Gasteiger partial charge on any atom is -0.464 e. The molecule has 1 aromatic heterocycles. The SMILES string of the molecule is CCCCCCCC(=O)N(CC(=O)N(Cc1ccccc1)Cc1ccc(C)o1)C1CC1. The van der Waals surface area contributed by atoms with Crippen LogP contribution in [0.5, 0.6) is 0 Å². The van der Waals surface area contributed by atoms with Crippen LogP contribution in [0.4, 0.5) is 0 Å². The fourth-order valence-electron chi connectivity index (χ4n) is 3.87. The van der Waals surface area contributed by atoms with Gasteiger partial charge in [-0.15, -0.1) is 0 Å². The standard InChI is InChI=1S/C26H36N2O3/c1-3-4-5-6-10-13-25(29)28(23-15-16-23)20-26(30)27(18-22-11-8-7-9-12-22)19-24-17-14-21(2)31-24/h7-9,11-12,14,17,23H,3-6,10,13,15-16,18-20H2,1-2H3. The Bertz CT molecular complexity index is 826. The van der Waals surface area contributed by atoms with E-state index >= 15 is 0 Å². The second-order valence-electron chi connectivity index (χ2n) is 8.66. The van der Waals surface area contributed by atoms with Gasteiger partial charge in [0.2, 0.25) is 11.8 Å². The number of rotatable bonds is 13. The van der Waals surface area contributed by atoms with Crippen molar-refractivity contribution in [2.24, 2.45) is 0 Å². The number of hydrogen-bond donors (Lipinski definition) is 0. The Balaban J connectivity index is 1.63. The molecule has 0 radical (unpaired) electrons. The lowest BCUT2D eigenvalue weighted by atomic mass is 10.1. The molecule has 0 aliphatic heterocycles. The van der Waals surface area contributed by atoms with Crippen molar-refractivity contribution in [1.29, 1.82) is 0 Å². The van der Waals surface area contributed by atoms with Crippen LogP contribution in [-0.4, -0.2) is 34.2 Å². The molecule has 5 nitrogen and oxygen atoms in total. The highest BCUT2D eigenvalue weighted by Gasteiger charge is 2.34. The summed E-state index contributed by atoms with van der Waals surface area (Å²) in [4.78, 5) is 29.8. The highest BCUT2D eigenvalue weighted by atomic mass is 16.3. The van der Waals surface area contributed by atoms with E-state index in [9.17, 15) is 9.59 Å². The molecule has 168 valence electrons. The monoisotopic (exact) mass is 424 g/mol. The first-order valence-corrected chi connectivity index (χ1v) is 11.7. The van der Waals surface area contributed by atoms with Crippen LogP contribution in [0, 0.1) is 6.92 Å². The van der Waals surface area contributed by atoms with Gasteiger partial charge in [0.25, 0.3) is 0 Å². The molecule has 0 bridgehead atoms. The lowest BCUT2D eigenvalue weighted by Crippen LogP contribution is -2.43. The summed E-state index contributed by atoms with van der Waals surface area (Å²) in [6, 6.07) is 14.0. The topological polar surface area (TPSA) is 53.8 Å². The second-order valence-corrected chi connectivity index (χ2v) is 8.66. The van der Waals surface area contributed by atoms with Crippen molar-refractivity contribution >= 4 is 11.8 Å². The molecule has 1 aliphatic rings. The number of nitrogens with zero attached hydrogens (tertiary/aromatic N) is 2. The zero-order valence-electron chi connectivity index (χ0n) is 19.0. The fraction of sp³-hybridized carbons (Fsp3) is 0.538. The van der Waals surface area contributed by atoms with Crippen molar-refractivity contribution in [2.45, 2.75) is 84.3 Å². The summed E-state index contributed by atoms with van der Waals surface area (Å²) < 4.78 is 5.72. The highest BCUT2D eigenvalue weighted by molar-refractivity contribution is 5.85. The molecule has 1 saturated carbocycles. The summed E-state index contributed by atoms with van der Waals surface area (Å²) >= 11 is 0. The third-order valence-electron chi connectivity index (χ3n) is 5.82. The van der Waals surface area contributed by atoms with E-state index in [-0.39, 0.29) is 24.4 Å². The molecule has 5 heteroatoms. The van der Waals surface area contributed by atoms with Gasteiger partial charge in [-0.25, -0.2) is 0 Å². The molecule has 2 amide bonds. The first kappa shape index (κ1) is 23.1. The number of furan rings is 1. The number of carbonyl (C=O) groups is 2. The van der Waals surface area contributed by atoms with E-state index in [1.807, 2.05) is 54.3 Å². The van der Waals surface area contributed by atoms with Gasteiger partial charge in [-0.2, -0.15) is 0 Å². The number of unbranched alkanes of at least 4 members (excludes halogenated alkanes) is 4. The van der Waals surface area contributed by atoms with E-state index < -0.39 is 0 Å². The molecule has 0 spiro atoms. The van der Waals surface area contributed by atoms with Crippen molar-refractivity contribution in [2.75, 3.05) is 6.54 Å². The Labute approximate surface area is 186 Å². The molecule has 3 rings (SSSR count). The number of hydrogen-bond acceptors (Lipinski definition) is 3. The maximum absolute atomic E-state index is 13.3. The van der Waals surface area contributed by atoms with Crippen LogP contribution in [0.25, 0.3) is 0 Å². The maximum atomic E-state index is 13.3. The third kappa shape index (κ3) is 7.57. The quantitative estimate of drug-likeness (QED) is 0.401. The molecule has 2 aromatic rings. The summed E-state index contributed by atoms with van der Waals surface area (Å²) in [6.45, 7) is 5.16. The van der Waals surface area contributed by atoms with Gasteiger partial charge in [-0.1, -0.05) is 62.9 Å². The van der Waals surface area contributed by atoms with Crippen LogP contribution in [0.1, 0.15) is 75.4 Å². The molecule has 0 N–H and O–H groups in total. The fourth-order valence-corrected chi connectivity index (χ4v) is 3.87. The third-order valence-corrected chi connectivity index (χ3v) is 5.82. The van der Waals surface area contributed by atoms with Gasteiger partial charge in [0.15, 0.2) is 0 Å². The van der Waals surface area contributed by atoms with E-state index in [1.165, 1.54) is 19.3 Å². The molecule has 1 fully saturated rings. The van der Waals surface area contributed by atoms with E-state index in [2.05, 4.69) is 6.92 Å². The Kier molecular flexibility index (Phi) is 8.74. The molecular formula is C26H36N2O3. The van der Waals surface area contributed by atoms with Gasteiger partial charge >= 0.3 is 0 Å². The van der Waals surface area contributed by atoms with Crippen LogP contribution in [-0.2, 0) is 22.7 Å². The van der Waals surface area contributed by atoms with Gasteiger partial charge < -0.3 is 14.2 Å². The highest BCUT2D eigenvalue weighted by Crippen LogP contribution is 2.28. The second kappa shape index (κ2) is 11.7. The lowest BCUT2D eigenvalue weighted by molar-refractivity contribution is -0.142. The van der Waals surface area contributed by atoms with Gasteiger partial charge in [0.05, 0.1) is 6.54 Å². The van der Waals surface area contributed by atoms with Crippen LogP contribution >= 0.6 is 0 Å². The zero-order chi connectivity index (χ0) is 22.1. The summed E-state index contributed by atoms with van der Waals surface area (Å²) in [7, 11) is 0. The summed E-state index contributed by atoms with van der Waals surface area (Å²) in [5.74, 6) is 1.70. The summed E-state index contributed by atoms with van der Waals surface area (Å²) in [5.41, 5.74) is 1.07. The van der Waals surface area contributed by atoms with Crippen molar-refractivity contribution in [1.82, 2.24) is 9.80 Å². The Hall–Kier alpha value is -2.56. The summed E-state index contributed by atoms with van der Waals surface area (Å²) in [6.07, 6.45) is 8.15. The van der Waals surface area contributed by atoms with E-state index in [1.54, 1.807) is 4.90 Å². The molecule has 0 atom stereocenters. The molecule has 1 aromatic carbocycles. The normalized spacial score (nSPS) is 13.2. The van der Waals surface area contributed by atoms with Crippen LogP contribution in [0.15, 0.2) is 46.9 Å². The van der Waals surface area contributed by atoms with Crippen LogP contribution in [0.2, 0.25) is 0 Å². The van der Waals surface area contributed by atoms with Gasteiger partial charge in [0, 0.05) is 19.0 Å². The average molecular weight is 425 g/mol. The predicted octanol–water partition coefficient (Wildman–Crippen LogP) is 5.47. The first-order valence-electron chi connectivity index (χ1n) is 11.7. The minimum absolute atomic E-state index is 0.0239. The molecular weight excluding hydrogens is 388 g/mol. The van der Waals surface area contributed by atoms with Crippen molar-refractivity contribution in [3.63, 3.8) is 0 Å².